The molecular weight excluding hydrogens is 240 g/mol. The lowest BCUT2D eigenvalue weighted by Crippen LogP contribution is -2.12. The van der Waals surface area contributed by atoms with Crippen LogP contribution in [0.4, 0.5) is 14.6 Å². The lowest BCUT2D eigenvalue weighted by molar-refractivity contribution is 0.0183. The van der Waals surface area contributed by atoms with E-state index in [9.17, 15) is 8.78 Å². The number of hydrogen-bond donors (Lipinski definition) is 1. The highest BCUT2D eigenvalue weighted by molar-refractivity contribution is 5.44. The van der Waals surface area contributed by atoms with Crippen molar-refractivity contribution >= 4 is 5.82 Å². The zero-order valence-electron chi connectivity index (χ0n) is 10.9. The van der Waals surface area contributed by atoms with Crippen LogP contribution in [0, 0.1) is 6.92 Å². The fourth-order valence-corrected chi connectivity index (χ4v) is 1.82. The number of aromatic nitrogens is 2. The summed E-state index contributed by atoms with van der Waals surface area (Å²) in [6.45, 7) is 5.53. The molecular formula is C12H19F2N3O. The first kappa shape index (κ1) is 14.8. The summed E-state index contributed by atoms with van der Waals surface area (Å²) in [6, 6.07) is 0. The second kappa shape index (κ2) is 6.58. The second-order valence-corrected chi connectivity index (χ2v) is 4.39. The predicted octanol–water partition coefficient (Wildman–Crippen LogP) is 2.31. The van der Waals surface area contributed by atoms with Crippen molar-refractivity contribution in [1.29, 1.82) is 0 Å². The molecule has 1 aromatic heterocycles. The van der Waals surface area contributed by atoms with Gasteiger partial charge in [-0.2, -0.15) is 0 Å². The number of nitrogen functional groups attached to an aromatic ring is 1. The SMILES string of the molecule is Cc1nc(CCOCC(F)F)nc(N)c1C(C)C. The summed E-state index contributed by atoms with van der Waals surface area (Å²) in [4.78, 5) is 8.48. The van der Waals surface area contributed by atoms with Gasteiger partial charge in [-0.15, -0.1) is 0 Å². The number of halogens is 2. The third-order valence-corrected chi connectivity index (χ3v) is 2.50. The highest BCUT2D eigenvalue weighted by atomic mass is 19.3. The Bertz CT molecular complexity index is 374. The van der Waals surface area contributed by atoms with Crippen LogP contribution in [0.5, 0.6) is 0 Å². The Hall–Kier alpha value is -1.30. The van der Waals surface area contributed by atoms with Crippen molar-refractivity contribution < 1.29 is 13.5 Å². The van der Waals surface area contributed by atoms with Crippen LogP contribution in [0.2, 0.25) is 0 Å². The van der Waals surface area contributed by atoms with E-state index < -0.39 is 13.0 Å². The maximum absolute atomic E-state index is 11.9. The predicted molar refractivity (Wildman–Crippen MR) is 65.8 cm³/mol. The molecule has 0 aliphatic carbocycles. The maximum Gasteiger partial charge on any atom is 0.261 e. The largest absolute Gasteiger partial charge is 0.383 e. The van der Waals surface area contributed by atoms with E-state index in [0.717, 1.165) is 11.3 Å². The van der Waals surface area contributed by atoms with Gasteiger partial charge in [-0.1, -0.05) is 13.8 Å². The smallest absolute Gasteiger partial charge is 0.261 e. The van der Waals surface area contributed by atoms with Crippen LogP contribution in [0.3, 0.4) is 0 Å². The highest BCUT2D eigenvalue weighted by Gasteiger charge is 2.12. The highest BCUT2D eigenvalue weighted by Crippen LogP contribution is 2.22. The van der Waals surface area contributed by atoms with Crippen molar-refractivity contribution in [2.45, 2.75) is 39.5 Å². The van der Waals surface area contributed by atoms with Crippen LogP contribution in [0.1, 0.15) is 36.8 Å². The molecule has 1 aromatic rings. The molecule has 1 heterocycles. The molecule has 6 heteroatoms. The summed E-state index contributed by atoms with van der Waals surface area (Å²) in [7, 11) is 0. The Balaban J connectivity index is 2.63. The topological polar surface area (TPSA) is 61.0 Å². The minimum Gasteiger partial charge on any atom is -0.383 e. The van der Waals surface area contributed by atoms with Gasteiger partial charge in [-0.05, 0) is 12.8 Å². The number of hydrogen-bond acceptors (Lipinski definition) is 4. The molecule has 1 rings (SSSR count). The Kier molecular flexibility index (Phi) is 5.40. The molecule has 0 spiro atoms. The van der Waals surface area contributed by atoms with E-state index in [4.69, 9.17) is 10.5 Å². The number of nitrogens with two attached hydrogens (primary N) is 1. The van der Waals surface area contributed by atoms with Crippen LogP contribution < -0.4 is 5.73 Å². The summed E-state index contributed by atoms with van der Waals surface area (Å²) >= 11 is 0. The fourth-order valence-electron chi connectivity index (χ4n) is 1.82. The summed E-state index contributed by atoms with van der Waals surface area (Å²) < 4.78 is 28.5. The van der Waals surface area contributed by atoms with E-state index in [0.29, 0.717) is 18.1 Å². The van der Waals surface area contributed by atoms with Crippen molar-refractivity contribution in [3.8, 4) is 0 Å². The molecule has 0 amide bonds. The Morgan fingerprint density at radius 3 is 2.44 bits per heavy atom. The van der Waals surface area contributed by atoms with Gasteiger partial charge in [0, 0.05) is 17.7 Å². The van der Waals surface area contributed by atoms with Gasteiger partial charge in [0.25, 0.3) is 6.43 Å². The average molecular weight is 259 g/mol. The van der Waals surface area contributed by atoms with Crippen molar-refractivity contribution in [2.75, 3.05) is 18.9 Å². The second-order valence-electron chi connectivity index (χ2n) is 4.39. The molecule has 4 nitrogen and oxygen atoms in total. The van der Waals surface area contributed by atoms with Gasteiger partial charge in [0.15, 0.2) is 0 Å². The van der Waals surface area contributed by atoms with Crippen molar-refractivity contribution in [3.63, 3.8) is 0 Å². The number of anilines is 1. The number of rotatable bonds is 6. The minimum absolute atomic E-state index is 0.171. The first-order chi connectivity index (χ1) is 8.41. The Morgan fingerprint density at radius 2 is 1.94 bits per heavy atom. The van der Waals surface area contributed by atoms with Gasteiger partial charge in [-0.25, -0.2) is 18.7 Å². The lowest BCUT2D eigenvalue weighted by atomic mass is 10.0. The molecule has 0 bridgehead atoms. The normalized spacial score (nSPS) is 11.5. The summed E-state index contributed by atoms with van der Waals surface area (Å²) in [5, 5.41) is 0. The Morgan fingerprint density at radius 1 is 1.28 bits per heavy atom. The molecule has 0 atom stereocenters. The molecule has 0 aliphatic rings. The molecule has 0 aromatic carbocycles. The van der Waals surface area contributed by atoms with E-state index in [2.05, 4.69) is 9.97 Å². The molecule has 0 unspecified atom stereocenters. The monoisotopic (exact) mass is 259 g/mol. The fraction of sp³-hybridized carbons (Fsp3) is 0.667. The molecule has 2 N–H and O–H groups in total. The van der Waals surface area contributed by atoms with Crippen LogP contribution in [0.25, 0.3) is 0 Å². The number of aryl methyl sites for hydroxylation is 1. The molecule has 0 radical (unpaired) electrons. The van der Waals surface area contributed by atoms with Gasteiger partial charge < -0.3 is 10.5 Å². The number of nitrogens with zero attached hydrogens (tertiary/aromatic N) is 2. The van der Waals surface area contributed by atoms with E-state index in [-0.39, 0.29) is 12.5 Å². The molecule has 102 valence electrons. The van der Waals surface area contributed by atoms with Gasteiger partial charge in [0.05, 0.1) is 6.61 Å². The summed E-state index contributed by atoms with van der Waals surface area (Å²) in [5.74, 6) is 1.25. The minimum atomic E-state index is -2.44. The van der Waals surface area contributed by atoms with Crippen molar-refractivity contribution in [1.82, 2.24) is 9.97 Å². The van der Waals surface area contributed by atoms with E-state index in [1.165, 1.54) is 0 Å². The van der Waals surface area contributed by atoms with E-state index >= 15 is 0 Å². The average Bonchev–Trinajstić information content (AvgIpc) is 2.22. The zero-order valence-corrected chi connectivity index (χ0v) is 10.9. The van der Waals surface area contributed by atoms with Crippen LogP contribution >= 0.6 is 0 Å². The van der Waals surface area contributed by atoms with Crippen LogP contribution in [0.15, 0.2) is 0 Å². The van der Waals surface area contributed by atoms with Gasteiger partial charge in [0.2, 0.25) is 0 Å². The summed E-state index contributed by atoms with van der Waals surface area (Å²) in [5.41, 5.74) is 7.64. The molecule has 18 heavy (non-hydrogen) atoms. The Labute approximate surface area is 106 Å². The standard InChI is InChI=1S/C12H19F2N3O/c1-7(2)11-8(3)16-10(17-12(11)15)4-5-18-6-9(13)14/h7,9H,4-6H2,1-3H3,(H2,15,16,17). The quantitative estimate of drug-likeness (QED) is 0.796. The molecule has 0 saturated carbocycles. The van der Waals surface area contributed by atoms with E-state index in [1.807, 2.05) is 20.8 Å². The van der Waals surface area contributed by atoms with Gasteiger partial charge in [0.1, 0.15) is 18.2 Å². The summed E-state index contributed by atoms with van der Waals surface area (Å²) in [6.07, 6.45) is -2.06. The van der Waals surface area contributed by atoms with Crippen molar-refractivity contribution in [2.24, 2.45) is 0 Å². The first-order valence-corrected chi connectivity index (χ1v) is 5.90. The zero-order chi connectivity index (χ0) is 13.7. The van der Waals surface area contributed by atoms with E-state index in [1.54, 1.807) is 0 Å². The van der Waals surface area contributed by atoms with Crippen LogP contribution in [-0.4, -0.2) is 29.6 Å². The molecule has 0 saturated heterocycles. The maximum atomic E-state index is 11.9. The first-order valence-electron chi connectivity index (χ1n) is 5.90. The third-order valence-electron chi connectivity index (χ3n) is 2.50. The molecule has 0 fully saturated rings. The van der Waals surface area contributed by atoms with Crippen LogP contribution in [-0.2, 0) is 11.2 Å². The van der Waals surface area contributed by atoms with Gasteiger partial charge in [-0.3, -0.25) is 0 Å². The number of alkyl halides is 2. The molecule has 0 aliphatic heterocycles. The lowest BCUT2D eigenvalue weighted by Gasteiger charge is -2.13. The number of ether oxygens (including phenoxy) is 1. The third kappa shape index (κ3) is 4.18. The van der Waals surface area contributed by atoms with Crippen molar-refractivity contribution in [3.05, 3.63) is 17.1 Å². The van der Waals surface area contributed by atoms with Gasteiger partial charge >= 0.3 is 0 Å².